The Labute approximate surface area is 134 Å². The van der Waals surface area contributed by atoms with Crippen LogP contribution in [0.25, 0.3) is 0 Å². The van der Waals surface area contributed by atoms with Crippen LogP contribution in [0.1, 0.15) is 58.6 Å². The fourth-order valence-corrected chi connectivity index (χ4v) is 3.42. The van der Waals surface area contributed by atoms with Gasteiger partial charge in [0, 0.05) is 0 Å². The first-order valence-electron chi connectivity index (χ1n) is 8.49. The summed E-state index contributed by atoms with van der Waals surface area (Å²) in [6.45, 7) is 8.68. The van der Waals surface area contributed by atoms with E-state index in [-0.39, 0.29) is 18.2 Å². The molecule has 4 atom stereocenters. The first-order valence-corrected chi connectivity index (χ1v) is 8.49. The lowest BCUT2D eigenvalue weighted by Gasteiger charge is -2.36. The molecule has 0 aromatic heterocycles. The minimum Gasteiger partial charge on any atom is -0.446 e. The highest BCUT2D eigenvalue weighted by Gasteiger charge is 2.33. The molecule has 1 aromatic carbocycles. The molecule has 0 unspecified atom stereocenters. The molecule has 0 radical (unpaired) electrons. The van der Waals surface area contributed by atoms with Crippen molar-refractivity contribution in [1.82, 2.24) is 5.32 Å². The Balaban J connectivity index is 1.92. The zero-order chi connectivity index (χ0) is 16.1. The van der Waals surface area contributed by atoms with Crippen LogP contribution in [0.5, 0.6) is 0 Å². The van der Waals surface area contributed by atoms with E-state index in [2.05, 4.69) is 26.1 Å². The molecule has 0 spiro atoms. The lowest BCUT2D eigenvalue weighted by Crippen LogP contribution is -2.39. The number of amides is 1. The Hall–Kier alpha value is -1.51. The normalized spacial score (nSPS) is 26.5. The maximum Gasteiger partial charge on any atom is 0.407 e. The lowest BCUT2D eigenvalue weighted by molar-refractivity contribution is 0.00516. The molecule has 1 aliphatic carbocycles. The minimum atomic E-state index is -0.291. The number of hydrogen-bond donors (Lipinski definition) is 1. The van der Waals surface area contributed by atoms with Crippen molar-refractivity contribution in [1.29, 1.82) is 0 Å². The molecule has 0 aliphatic heterocycles. The van der Waals surface area contributed by atoms with Gasteiger partial charge < -0.3 is 10.1 Å². The summed E-state index contributed by atoms with van der Waals surface area (Å²) in [6, 6.07) is 9.94. The highest BCUT2D eigenvalue weighted by molar-refractivity contribution is 5.68. The lowest BCUT2D eigenvalue weighted by atomic mass is 9.75. The number of nitrogens with one attached hydrogen (secondary N) is 1. The maximum atomic E-state index is 12.2. The van der Waals surface area contributed by atoms with Crippen molar-refractivity contribution < 1.29 is 9.53 Å². The first kappa shape index (κ1) is 16.9. The van der Waals surface area contributed by atoms with Gasteiger partial charge in [-0.1, -0.05) is 57.5 Å². The predicted molar refractivity (Wildman–Crippen MR) is 89.6 cm³/mol. The summed E-state index contributed by atoms with van der Waals surface area (Å²) in [6.07, 6.45) is 3.14. The number of ether oxygens (including phenoxy) is 1. The fraction of sp³-hybridized carbons (Fsp3) is 0.632. The van der Waals surface area contributed by atoms with Gasteiger partial charge in [0.2, 0.25) is 0 Å². The van der Waals surface area contributed by atoms with E-state index in [4.69, 9.17) is 4.74 Å². The molecule has 1 saturated carbocycles. The van der Waals surface area contributed by atoms with Gasteiger partial charge in [0.15, 0.2) is 0 Å². The number of carbonyl (C=O) groups excluding carboxylic acids is 1. The van der Waals surface area contributed by atoms with Crippen LogP contribution in [0.15, 0.2) is 30.3 Å². The molecular formula is C19H29NO2. The first-order chi connectivity index (χ1) is 10.5. The zero-order valence-electron chi connectivity index (χ0n) is 14.2. The average Bonchev–Trinajstić information content (AvgIpc) is 2.47. The van der Waals surface area contributed by atoms with Crippen molar-refractivity contribution in [2.45, 2.75) is 59.1 Å². The number of carbonyl (C=O) groups is 1. The molecule has 3 heteroatoms. The van der Waals surface area contributed by atoms with Crippen LogP contribution >= 0.6 is 0 Å². The maximum absolute atomic E-state index is 12.2. The highest BCUT2D eigenvalue weighted by atomic mass is 16.6. The van der Waals surface area contributed by atoms with E-state index in [1.807, 2.05) is 37.3 Å². The molecule has 2 rings (SSSR count). The molecule has 1 aliphatic rings. The predicted octanol–water partition coefficient (Wildman–Crippen LogP) is 4.93. The van der Waals surface area contributed by atoms with Gasteiger partial charge >= 0.3 is 6.09 Å². The average molecular weight is 303 g/mol. The summed E-state index contributed by atoms with van der Waals surface area (Å²) in [5, 5.41) is 2.96. The van der Waals surface area contributed by atoms with Crippen LogP contribution in [0.4, 0.5) is 4.79 Å². The summed E-state index contributed by atoms with van der Waals surface area (Å²) in [7, 11) is 0. The second-order valence-corrected chi connectivity index (χ2v) is 7.05. The largest absolute Gasteiger partial charge is 0.446 e. The van der Waals surface area contributed by atoms with E-state index in [1.54, 1.807) is 0 Å². The third-order valence-corrected chi connectivity index (χ3v) is 4.85. The van der Waals surface area contributed by atoms with Gasteiger partial charge in [0.05, 0.1) is 6.04 Å². The van der Waals surface area contributed by atoms with E-state index in [0.29, 0.717) is 17.8 Å². The van der Waals surface area contributed by atoms with Gasteiger partial charge in [-0.25, -0.2) is 4.79 Å². The monoisotopic (exact) mass is 303 g/mol. The van der Waals surface area contributed by atoms with E-state index < -0.39 is 0 Å². The molecule has 1 N–H and O–H groups in total. The molecule has 0 heterocycles. The van der Waals surface area contributed by atoms with E-state index in [0.717, 1.165) is 18.4 Å². The van der Waals surface area contributed by atoms with Crippen LogP contribution in [-0.4, -0.2) is 12.2 Å². The van der Waals surface area contributed by atoms with Gasteiger partial charge in [-0.05, 0) is 43.1 Å². The summed E-state index contributed by atoms with van der Waals surface area (Å²) < 4.78 is 5.78. The van der Waals surface area contributed by atoms with E-state index in [9.17, 15) is 4.79 Å². The van der Waals surface area contributed by atoms with E-state index >= 15 is 0 Å². The van der Waals surface area contributed by atoms with Crippen LogP contribution in [0.3, 0.4) is 0 Å². The Morgan fingerprint density at radius 3 is 2.50 bits per heavy atom. The summed E-state index contributed by atoms with van der Waals surface area (Å²) in [5.74, 6) is 1.67. The van der Waals surface area contributed by atoms with Crippen LogP contribution in [-0.2, 0) is 4.74 Å². The van der Waals surface area contributed by atoms with Gasteiger partial charge in [0.25, 0.3) is 0 Å². The smallest absolute Gasteiger partial charge is 0.407 e. The number of alkyl carbamates (subject to hydrolysis) is 1. The van der Waals surface area contributed by atoms with Gasteiger partial charge in [-0.15, -0.1) is 0 Å². The molecule has 122 valence electrons. The number of rotatable bonds is 4. The Bertz CT molecular complexity index is 472. The minimum absolute atomic E-state index is 0.0350. The molecule has 1 amide bonds. The Kier molecular flexibility index (Phi) is 5.87. The summed E-state index contributed by atoms with van der Waals surface area (Å²) >= 11 is 0. The van der Waals surface area contributed by atoms with E-state index in [1.165, 1.54) is 6.42 Å². The molecule has 0 bridgehead atoms. The van der Waals surface area contributed by atoms with Crippen molar-refractivity contribution in [3.8, 4) is 0 Å². The standard InChI is InChI=1S/C19H29NO2/c1-13(2)17-11-10-14(3)12-18(17)22-19(21)20-15(4)16-8-6-5-7-9-16/h5-9,13-15,17-18H,10-12H2,1-4H3,(H,20,21)/t14-,15-,17-,18+/m1/s1. The number of benzene rings is 1. The summed E-state index contributed by atoms with van der Waals surface area (Å²) in [5.41, 5.74) is 1.09. The van der Waals surface area contributed by atoms with Gasteiger partial charge in [0.1, 0.15) is 6.10 Å². The van der Waals surface area contributed by atoms with Gasteiger partial charge in [-0.2, -0.15) is 0 Å². The zero-order valence-corrected chi connectivity index (χ0v) is 14.2. The molecule has 1 fully saturated rings. The fourth-order valence-electron chi connectivity index (χ4n) is 3.42. The highest BCUT2D eigenvalue weighted by Crippen LogP contribution is 2.35. The Morgan fingerprint density at radius 2 is 1.86 bits per heavy atom. The third kappa shape index (κ3) is 4.49. The van der Waals surface area contributed by atoms with Crippen LogP contribution < -0.4 is 5.32 Å². The van der Waals surface area contributed by atoms with Crippen LogP contribution in [0, 0.1) is 17.8 Å². The Morgan fingerprint density at radius 1 is 1.18 bits per heavy atom. The van der Waals surface area contributed by atoms with Crippen LogP contribution in [0.2, 0.25) is 0 Å². The SMILES string of the molecule is CC(C)[C@H]1CC[C@@H](C)C[C@@H]1OC(=O)N[C@H](C)c1ccccc1. The second-order valence-electron chi connectivity index (χ2n) is 7.05. The topological polar surface area (TPSA) is 38.3 Å². The second kappa shape index (κ2) is 7.66. The van der Waals surface area contributed by atoms with Crippen molar-refractivity contribution in [2.75, 3.05) is 0 Å². The van der Waals surface area contributed by atoms with Crippen molar-refractivity contribution in [3.05, 3.63) is 35.9 Å². The summed E-state index contributed by atoms with van der Waals surface area (Å²) in [4.78, 5) is 12.2. The van der Waals surface area contributed by atoms with Gasteiger partial charge in [-0.3, -0.25) is 0 Å². The quantitative estimate of drug-likeness (QED) is 0.856. The molecule has 22 heavy (non-hydrogen) atoms. The molecule has 1 aromatic rings. The molecular weight excluding hydrogens is 274 g/mol. The van der Waals surface area contributed by atoms with Crippen molar-refractivity contribution in [2.24, 2.45) is 17.8 Å². The van der Waals surface area contributed by atoms with Crippen molar-refractivity contribution >= 4 is 6.09 Å². The molecule has 3 nitrogen and oxygen atoms in total. The number of hydrogen-bond acceptors (Lipinski definition) is 2. The molecule has 0 saturated heterocycles. The van der Waals surface area contributed by atoms with Crippen molar-refractivity contribution in [3.63, 3.8) is 0 Å². The third-order valence-electron chi connectivity index (χ3n) is 4.85.